The molecule has 37 heavy (non-hydrogen) atoms. The Morgan fingerprint density at radius 1 is 0.541 bits per heavy atom. The average Bonchev–Trinajstić information content (AvgIpc) is 3.34. The van der Waals surface area contributed by atoms with Crippen molar-refractivity contribution in [2.24, 2.45) is 0 Å². The number of anilines is 1. The Hall–Kier alpha value is -4.34. The standard InChI is InChI=1S/C34H22BrNO/c35-31-18-17-28(34-33(31)29-11-5-6-12-32(29)37-34)27-10-4-3-9-26(27)23-19-22-7-1-2-8-25(22)30(20-23)21-13-15-24(36)16-14-21/h1-20H,36H2. The minimum atomic E-state index is 0.764. The van der Waals surface area contributed by atoms with Crippen LogP contribution in [0.1, 0.15) is 0 Å². The molecule has 0 unspecified atom stereocenters. The lowest BCUT2D eigenvalue weighted by Crippen LogP contribution is -1.90. The van der Waals surface area contributed by atoms with Gasteiger partial charge >= 0.3 is 0 Å². The van der Waals surface area contributed by atoms with Gasteiger partial charge in [0, 0.05) is 26.5 Å². The number of hydrogen-bond acceptors (Lipinski definition) is 2. The smallest absolute Gasteiger partial charge is 0.144 e. The molecule has 0 amide bonds. The molecule has 6 aromatic carbocycles. The zero-order valence-corrected chi connectivity index (χ0v) is 21.5. The van der Waals surface area contributed by atoms with Gasteiger partial charge in [0.05, 0.1) is 0 Å². The Morgan fingerprint density at radius 3 is 2.08 bits per heavy atom. The van der Waals surface area contributed by atoms with Crippen LogP contribution < -0.4 is 5.73 Å². The van der Waals surface area contributed by atoms with E-state index in [9.17, 15) is 0 Å². The van der Waals surface area contributed by atoms with Crippen molar-refractivity contribution in [3.8, 4) is 33.4 Å². The lowest BCUT2D eigenvalue weighted by molar-refractivity contribution is 0.670. The van der Waals surface area contributed by atoms with Crippen LogP contribution in [-0.4, -0.2) is 0 Å². The first-order chi connectivity index (χ1) is 18.2. The Morgan fingerprint density at radius 2 is 1.24 bits per heavy atom. The quantitative estimate of drug-likeness (QED) is 0.227. The van der Waals surface area contributed by atoms with Gasteiger partial charge in [0.15, 0.2) is 0 Å². The van der Waals surface area contributed by atoms with Crippen molar-refractivity contribution in [2.75, 3.05) is 5.73 Å². The normalized spacial score (nSPS) is 11.5. The predicted molar refractivity (Wildman–Crippen MR) is 160 cm³/mol. The third-order valence-corrected chi connectivity index (χ3v) is 7.75. The van der Waals surface area contributed by atoms with Crippen LogP contribution in [0.2, 0.25) is 0 Å². The molecule has 0 fully saturated rings. The highest BCUT2D eigenvalue weighted by Crippen LogP contribution is 2.44. The number of halogens is 1. The average molecular weight is 540 g/mol. The second kappa shape index (κ2) is 8.65. The SMILES string of the molecule is Nc1ccc(-c2cc(-c3ccccc3-c3ccc(Br)c4c3oc3ccccc34)cc3ccccc23)cc1. The molecule has 0 aliphatic heterocycles. The van der Waals surface area contributed by atoms with Gasteiger partial charge in [-0.2, -0.15) is 0 Å². The maximum atomic E-state index is 6.44. The van der Waals surface area contributed by atoms with Gasteiger partial charge in [-0.05, 0) is 81.1 Å². The van der Waals surface area contributed by atoms with Gasteiger partial charge in [0.1, 0.15) is 11.2 Å². The van der Waals surface area contributed by atoms with E-state index in [2.05, 4.69) is 113 Å². The summed E-state index contributed by atoms with van der Waals surface area (Å²) in [6.45, 7) is 0. The highest BCUT2D eigenvalue weighted by atomic mass is 79.9. The molecular weight excluding hydrogens is 518 g/mol. The highest BCUT2D eigenvalue weighted by Gasteiger charge is 2.18. The number of nitrogen functional groups attached to an aromatic ring is 1. The highest BCUT2D eigenvalue weighted by molar-refractivity contribution is 9.10. The second-order valence-electron chi connectivity index (χ2n) is 9.31. The fourth-order valence-corrected chi connectivity index (χ4v) is 5.86. The summed E-state index contributed by atoms with van der Waals surface area (Å²) in [7, 11) is 0. The molecular formula is C34H22BrNO. The van der Waals surface area contributed by atoms with E-state index >= 15 is 0 Å². The molecule has 3 heteroatoms. The molecule has 1 heterocycles. The third-order valence-electron chi connectivity index (χ3n) is 7.09. The van der Waals surface area contributed by atoms with Crippen LogP contribution in [0.4, 0.5) is 5.69 Å². The summed E-state index contributed by atoms with van der Waals surface area (Å²) in [4.78, 5) is 0. The lowest BCUT2D eigenvalue weighted by Gasteiger charge is -2.15. The van der Waals surface area contributed by atoms with E-state index in [4.69, 9.17) is 10.2 Å². The van der Waals surface area contributed by atoms with Crippen LogP contribution >= 0.6 is 15.9 Å². The van der Waals surface area contributed by atoms with Crippen LogP contribution in [0.25, 0.3) is 66.1 Å². The van der Waals surface area contributed by atoms with E-state index in [0.717, 1.165) is 59.9 Å². The number of nitrogens with two attached hydrogens (primary N) is 1. The van der Waals surface area contributed by atoms with E-state index in [0.29, 0.717) is 0 Å². The van der Waals surface area contributed by atoms with Crippen LogP contribution in [0.15, 0.2) is 130 Å². The number of para-hydroxylation sites is 1. The van der Waals surface area contributed by atoms with Gasteiger partial charge in [-0.15, -0.1) is 0 Å². The number of benzene rings is 6. The second-order valence-corrected chi connectivity index (χ2v) is 10.2. The van der Waals surface area contributed by atoms with Crippen molar-refractivity contribution >= 4 is 54.3 Å². The van der Waals surface area contributed by atoms with Crippen molar-refractivity contribution in [3.63, 3.8) is 0 Å². The molecule has 1 aromatic heterocycles. The number of hydrogen-bond donors (Lipinski definition) is 1. The molecule has 0 atom stereocenters. The Bertz CT molecular complexity index is 1950. The fourth-order valence-electron chi connectivity index (χ4n) is 5.34. The molecule has 0 radical (unpaired) electrons. The summed E-state index contributed by atoms with van der Waals surface area (Å²) >= 11 is 3.77. The van der Waals surface area contributed by atoms with Crippen molar-refractivity contribution < 1.29 is 4.42 Å². The lowest BCUT2D eigenvalue weighted by atomic mass is 9.89. The van der Waals surface area contributed by atoms with E-state index in [1.807, 2.05) is 24.3 Å². The van der Waals surface area contributed by atoms with Crippen molar-refractivity contribution in [3.05, 3.63) is 126 Å². The zero-order chi connectivity index (χ0) is 24.9. The van der Waals surface area contributed by atoms with Gasteiger partial charge in [0.25, 0.3) is 0 Å². The van der Waals surface area contributed by atoms with Crippen LogP contribution in [-0.2, 0) is 0 Å². The minimum Gasteiger partial charge on any atom is -0.455 e. The van der Waals surface area contributed by atoms with E-state index in [1.54, 1.807) is 0 Å². The van der Waals surface area contributed by atoms with Crippen molar-refractivity contribution in [2.45, 2.75) is 0 Å². The number of furan rings is 1. The Balaban J connectivity index is 1.50. The summed E-state index contributed by atoms with van der Waals surface area (Å²) in [5.74, 6) is 0. The van der Waals surface area contributed by atoms with E-state index in [1.165, 1.54) is 16.3 Å². The van der Waals surface area contributed by atoms with E-state index < -0.39 is 0 Å². The predicted octanol–water partition coefficient (Wildman–Crippen LogP) is 10.1. The largest absolute Gasteiger partial charge is 0.455 e. The molecule has 176 valence electrons. The monoisotopic (exact) mass is 539 g/mol. The topological polar surface area (TPSA) is 39.2 Å². The summed E-state index contributed by atoms with van der Waals surface area (Å²) in [6.07, 6.45) is 0. The van der Waals surface area contributed by atoms with Gasteiger partial charge in [0.2, 0.25) is 0 Å². The van der Waals surface area contributed by atoms with Crippen molar-refractivity contribution in [1.29, 1.82) is 0 Å². The van der Waals surface area contributed by atoms with Crippen LogP contribution in [0.3, 0.4) is 0 Å². The molecule has 0 saturated carbocycles. The third kappa shape index (κ3) is 3.62. The molecule has 0 saturated heterocycles. The first kappa shape index (κ1) is 21.9. The molecule has 7 rings (SSSR count). The van der Waals surface area contributed by atoms with Gasteiger partial charge in [-0.3, -0.25) is 0 Å². The summed E-state index contributed by atoms with van der Waals surface area (Å²) in [6, 6.07) is 42.3. The molecule has 2 N–H and O–H groups in total. The minimum absolute atomic E-state index is 0.764. The number of fused-ring (bicyclic) bond motifs is 4. The maximum Gasteiger partial charge on any atom is 0.144 e. The summed E-state index contributed by atoms with van der Waals surface area (Å²) in [5, 5.41) is 4.63. The molecule has 2 nitrogen and oxygen atoms in total. The fraction of sp³-hybridized carbons (Fsp3) is 0. The summed E-state index contributed by atoms with van der Waals surface area (Å²) < 4.78 is 7.47. The molecule has 7 aromatic rings. The maximum absolute atomic E-state index is 6.44. The molecule has 0 aliphatic rings. The Kier molecular flexibility index (Phi) is 5.12. The first-order valence-electron chi connectivity index (χ1n) is 12.3. The van der Waals surface area contributed by atoms with Crippen LogP contribution in [0.5, 0.6) is 0 Å². The summed E-state index contributed by atoms with van der Waals surface area (Å²) in [5.41, 5.74) is 15.4. The zero-order valence-electron chi connectivity index (χ0n) is 19.9. The van der Waals surface area contributed by atoms with Crippen molar-refractivity contribution in [1.82, 2.24) is 0 Å². The van der Waals surface area contributed by atoms with Gasteiger partial charge in [-0.1, -0.05) is 94.8 Å². The molecule has 0 spiro atoms. The van der Waals surface area contributed by atoms with Gasteiger partial charge < -0.3 is 10.2 Å². The Labute approximate surface area is 223 Å². The first-order valence-corrected chi connectivity index (χ1v) is 13.0. The van der Waals surface area contributed by atoms with Crippen LogP contribution in [0, 0.1) is 0 Å². The number of rotatable bonds is 3. The molecule has 0 aliphatic carbocycles. The molecule has 0 bridgehead atoms. The van der Waals surface area contributed by atoms with E-state index in [-0.39, 0.29) is 0 Å². The van der Waals surface area contributed by atoms with Gasteiger partial charge in [-0.25, -0.2) is 0 Å².